The highest BCUT2D eigenvalue weighted by atomic mass is 28.4. The highest BCUT2D eigenvalue weighted by Gasteiger charge is 2.50. The molecular formula is C42H74O5Si2. The molecule has 3 fully saturated rings. The third-order valence-electron chi connectivity index (χ3n) is 13.2. The molecule has 3 saturated carbocycles. The summed E-state index contributed by atoms with van der Waals surface area (Å²) in [6, 6.07) is 0. The minimum Gasteiger partial charge on any atom is -0.410 e. The SMILES string of the molecule is COCOC(C)(C)C/C=C/[C@@H](C)C1CCC2/C(=C/C=C3C[C@H](O[Si](C)(C)C(C)(C)C)C(=CC=O)[C@H](O[Si](C)(C)C(C)(C)C)C3)CCCC21C. The van der Waals surface area contributed by atoms with Crippen LogP contribution in [0.2, 0.25) is 36.3 Å². The second kappa shape index (κ2) is 16.3. The Bertz CT molecular complexity index is 1200. The van der Waals surface area contributed by atoms with Crippen molar-refractivity contribution in [1.82, 2.24) is 0 Å². The van der Waals surface area contributed by atoms with Crippen molar-refractivity contribution in [3.05, 3.63) is 47.1 Å². The molecule has 5 nitrogen and oxygen atoms in total. The van der Waals surface area contributed by atoms with Crippen molar-refractivity contribution in [3.8, 4) is 0 Å². The van der Waals surface area contributed by atoms with E-state index in [-0.39, 0.29) is 27.9 Å². The molecule has 0 aromatic heterocycles. The van der Waals surface area contributed by atoms with Crippen molar-refractivity contribution in [2.45, 2.75) is 175 Å². The Balaban J connectivity index is 1.90. The fourth-order valence-corrected chi connectivity index (χ4v) is 10.6. The van der Waals surface area contributed by atoms with Crippen LogP contribution in [0, 0.1) is 23.2 Å². The van der Waals surface area contributed by atoms with E-state index >= 15 is 0 Å². The van der Waals surface area contributed by atoms with Gasteiger partial charge >= 0.3 is 0 Å². The summed E-state index contributed by atoms with van der Waals surface area (Å²) in [7, 11) is -2.54. The van der Waals surface area contributed by atoms with Crippen molar-refractivity contribution in [2.24, 2.45) is 23.2 Å². The summed E-state index contributed by atoms with van der Waals surface area (Å²) in [4.78, 5) is 12.1. The molecule has 0 N–H and O–H groups in total. The number of methoxy groups -OCH3 is 1. The van der Waals surface area contributed by atoms with Crippen molar-refractivity contribution in [2.75, 3.05) is 13.9 Å². The number of aldehydes is 1. The first kappa shape index (κ1) is 42.3. The van der Waals surface area contributed by atoms with Gasteiger partial charge in [0.2, 0.25) is 0 Å². The number of carbonyl (C=O) groups is 1. The predicted octanol–water partition coefficient (Wildman–Crippen LogP) is 11.7. The fraction of sp³-hybridized carbons (Fsp3) is 0.786. The van der Waals surface area contributed by atoms with Gasteiger partial charge in [-0.1, -0.05) is 90.8 Å². The van der Waals surface area contributed by atoms with Crippen LogP contribution in [0.1, 0.15) is 121 Å². The summed E-state index contributed by atoms with van der Waals surface area (Å²) in [5.41, 5.74) is 4.15. The molecule has 0 aromatic carbocycles. The van der Waals surface area contributed by atoms with Crippen molar-refractivity contribution < 1.29 is 23.1 Å². The van der Waals surface area contributed by atoms with E-state index in [2.05, 4.69) is 120 Å². The number of allylic oxidation sites excluding steroid dienone is 5. The van der Waals surface area contributed by atoms with Gasteiger partial charge in [-0.2, -0.15) is 0 Å². The van der Waals surface area contributed by atoms with Crippen LogP contribution in [-0.4, -0.2) is 54.6 Å². The van der Waals surface area contributed by atoms with Gasteiger partial charge in [0.1, 0.15) is 13.1 Å². The molecule has 6 atom stereocenters. The minimum atomic E-state index is -2.11. The van der Waals surface area contributed by atoms with Crippen LogP contribution < -0.4 is 0 Å². The molecule has 0 aromatic rings. The average molecular weight is 715 g/mol. The van der Waals surface area contributed by atoms with Gasteiger partial charge in [0.25, 0.3) is 0 Å². The second-order valence-corrected chi connectivity index (χ2v) is 28.9. The average Bonchev–Trinajstić information content (AvgIpc) is 3.32. The number of fused-ring (bicyclic) bond motifs is 1. The summed E-state index contributed by atoms with van der Waals surface area (Å²) >= 11 is 0. The topological polar surface area (TPSA) is 54.0 Å². The Hall–Kier alpha value is -1.10. The number of hydrogen-bond donors (Lipinski definition) is 0. The van der Waals surface area contributed by atoms with Crippen LogP contribution in [0.3, 0.4) is 0 Å². The van der Waals surface area contributed by atoms with E-state index in [4.69, 9.17) is 18.3 Å². The number of ether oxygens (including phenoxy) is 2. The van der Waals surface area contributed by atoms with Gasteiger partial charge in [0.15, 0.2) is 16.6 Å². The Morgan fingerprint density at radius 1 is 0.878 bits per heavy atom. The Morgan fingerprint density at radius 2 is 1.45 bits per heavy atom. The molecule has 3 aliphatic carbocycles. The third kappa shape index (κ3) is 10.5. The van der Waals surface area contributed by atoms with Gasteiger partial charge in [-0.15, -0.1) is 0 Å². The molecular weight excluding hydrogens is 641 g/mol. The van der Waals surface area contributed by atoms with Crippen molar-refractivity contribution >= 4 is 22.9 Å². The van der Waals surface area contributed by atoms with E-state index in [1.807, 2.05) is 0 Å². The zero-order valence-corrected chi connectivity index (χ0v) is 36.3. The predicted molar refractivity (Wildman–Crippen MR) is 212 cm³/mol. The number of carbonyl (C=O) groups excluding carboxylic acids is 1. The molecule has 280 valence electrons. The monoisotopic (exact) mass is 715 g/mol. The smallest absolute Gasteiger partial charge is 0.192 e. The minimum absolute atomic E-state index is 0.0737. The van der Waals surface area contributed by atoms with Gasteiger partial charge in [0.05, 0.1) is 17.8 Å². The molecule has 0 bridgehead atoms. The van der Waals surface area contributed by atoms with E-state index in [9.17, 15) is 4.79 Å². The van der Waals surface area contributed by atoms with Gasteiger partial charge in [0, 0.05) is 7.11 Å². The maximum Gasteiger partial charge on any atom is 0.192 e. The summed E-state index contributed by atoms with van der Waals surface area (Å²) in [6.45, 7) is 32.6. The van der Waals surface area contributed by atoms with E-state index in [1.54, 1.807) is 18.8 Å². The maximum atomic E-state index is 12.1. The normalized spacial score (nSPS) is 30.8. The van der Waals surface area contributed by atoms with E-state index in [0.717, 1.165) is 31.1 Å². The molecule has 0 spiro atoms. The quantitative estimate of drug-likeness (QED) is 0.0625. The number of rotatable bonds is 13. The summed E-state index contributed by atoms with van der Waals surface area (Å²) in [6.07, 6.45) is 21.0. The fourth-order valence-electron chi connectivity index (χ4n) is 8.06. The van der Waals surface area contributed by atoms with Crippen LogP contribution in [0.4, 0.5) is 0 Å². The lowest BCUT2D eigenvalue weighted by atomic mass is 9.61. The van der Waals surface area contributed by atoms with Crippen LogP contribution in [0.25, 0.3) is 0 Å². The van der Waals surface area contributed by atoms with Crippen LogP contribution in [0.5, 0.6) is 0 Å². The lowest BCUT2D eigenvalue weighted by Crippen LogP contribution is -2.50. The van der Waals surface area contributed by atoms with E-state index in [0.29, 0.717) is 30.0 Å². The van der Waals surface area contributed by atoms with Gasteiger partial charge < -0.3 is 18.3 Å². The summed E-state index contributed by atoms with van der Waals surface area (Å²) in [5, 5.41) is 0.147. The maximum absolute atomic E-state index is 12.1. The highest BCUT2D eigenvalue weighted by Crippen LogP contribution is 2.59. The molecule has 3 aliphatic rings. The number of hydrogen-bond acceptors (Lipinski definition) is 5. The standard InChI is InChI=1S/C42H74O5Si2/c1-31(18-16-25-41(8,9)45-30-44-11)35-22-23-36-33(19-17-26-42(35,36)10)21-20-32-28-37(46-48(12,13)39(2,3)4)34(24-27-43)38(29-32)47-49(14,15)40(5,6)7/h16,18,20-21,24,27,31,35-38H,17,19,22-23,25-26,28-30H2,1-15H3/b18-16+,32-20?,33-21+,34-24?/t31-,35?,36?,37-,38+,42?/m1/s1. The van der Waals surface area contributed by atoms with E-state index < -0.39 is 16.6 Å². The molecule has 0 aliphatic heterocycles. The second-order valence-electron chi connectivity index (χ2n) is 19.4. The first-order chi connectivity index (χ1) is 22.5. The highest BCUT2D eigenvalue weighted by molar-refractivity contribution is 6.74. The lowest BCUT2D eigenvalue weighted by Gasteiger charge is -2.46. The summed E-state index contributed by atoms with van der Waals surface area (Å²) in [5.74, 6) is 1.85. The van der Waals surface area contributed by atoms with Crippen LogP contribution in [0.15, 0.2) is 47.1 Å². The van der Waals surface area contributed by atoms with Gasteiger partial charge in [-0.3, -0.25) is 4.79 Å². The lowest BCUT2D eigenvalue weighted by molar-refractivity contribution is -0.112. The van der Waals surface area contributed by atoms with Crippen LogP contribution >= 0.6 is 0 Å². The van der Waals surface area contributed by atoms with E-state index in [1.165, 1.54) is 37.7 Å². The zero-order chi connectivity index (χ0) is 37.1. The zero-order valence-electron chi connectivity index (χ0n) is 34.3. The van der Waals surface area contributed by atoms with Gasteiger partial charge in [-0.25, -0.2) is 0 Å². The molecule has 0 amide bonds. The molecule has 0 heterocycles. The molecule has 0 radical (unpaired) electrons. The first-order valence-electron chi connectivity index (χ1n) is 19.2. The van der Waals surface area contributed by atoms with Crippen molar-refractivity contribution in [1.29, 1.82) is 0 Å². The first-order valence-corrected chi connectivity index (χ1v) is 25.0. The van der Waals surface area contributed by atoms with Gasteiger partial charge in [-0.05, 0) is 136 Å². The molecule has 3 rings (SSSR count). The summed E-state index contributed by atoms with van der Waals surface area (Å²) < 4.78 is 25.3. The Morgan fingerprint density at radius 3 is 1.96 bits per heavy atom. The Kier molecular flexibility index (Phi) is 14.1. The Labute approximate surface area is 304 Å². The molecule has 3 unspecified atom stereocenters. The van der Waals surface area contributed by atoms with Crippen molar-refractivity contribution in [3.63, 3.8) is 0 Å². The molecule has 0 saturated heterocycles. The van der Waals surface area contributed by atoms with Crippen LogP contribution in [-0.2, 0) is 23.1 Å². The third-order valence-corrected chi connectivity index (χ3v) is 22.2. The largest absolute Gasteiger partial charge is 0.410 e. The molecule has 49 heavy (non-hydrogen) atoms. The molecule has 7 heteroatoms.